The summed E-state index contributed by atoms with van der Waals surface area (Å²) in [5, 5.41) is 3.42. The topological polar surface area (TPSA) is 21.3 Å². The number of rotatable bonds is 3. The first-order valence-electron chi connectivity index (χ1n) is 6.69. The summed E-state index contributed by atoms with van der Waals surface area (Å²) in [5.41, 5.74) is 3.40. The number of fused-ring (bicyclic) bond motifs is 1. The third-order valence-corrected chi connectivity index (χ3v) is 3.48. The molecule has 1 aliphatic heterocycles. The minimum absolute atomic E-state index is 0.186. The molecule has 0 saturated heterocycles. The van der Waals surface area contributed by atoms with Crippen LogP contribution in [0.25, 0.3) is 0 Å². The summed E-state index contributed by atoms with van der Waals surface area (Å²) >= 11 is 0. The van der Waals surface area contributed by atoms with Crippen LogP contribution in [0.5, 0.6) is 5.75 Å². The van der Waals surface area contributed by atoms with Crippen molar-refractivity contribution in [3.05, 3.63) is 59.7 Å². The molecule has 0 fully saturated rings. The van der Waals surface area contributed by atoms with Crippen molar-refractivity contribution in [3.63, 3.8) is 0 Å². The number of ether oxygens (including phenoxy) is 1. The van der Waals surface area contributed by atoms with Crippen LogP contribution in [-0.4, -0.2) is 12.4 Å². The number of anilines is 1. The van der Waals surface area contributed by atoms with Gasteiger partial charge in [-0.15, -0.1) is 13.2 Å². The molecule has 1 unspecified atom stereocenters. The van der Waals surface area contributed by atoms with Crippen LogP contribution in [0.4, 0.5) is 18.9 Å². The van der Waals surface area contributed by atoms with Crippen LogP contribution in [0.3, 0.4) is 0 Å². The Bertz CT molecular complexity index is 597. The lowest BCUT2D eigenvalue weighted by Crippen LogP contribution is -2.19. The average molecular weight is 293 g/mol. The first-order chi connectivity index (χ1) is 9.99. The smallest absolute Gasteiger partial charge is 0.406 e. The number of hydrogen-bond acceptors (Lipinski definition) is 2. The Morgan fingerprint density at radius 1 is 1.05 bits per heavy atom. The van der Waals surface area contributed by atoms with Gasteiger partial charge in [-0.25, -0.2) is 0 Å². The lowest BCUT2D eigenvalue weighted by Gasteiger charge is -2.12. The number of nitrogens with one attached hydrogen (secondary N) is 1. The third-order valence-electron chi connectivity index (χ3n) is 3.48. The number of para-hydroxylation sites is 1. The molecule has 0 aromatic heterocycles. The van der Waals surface area contributed by atoms with Gasteiger partial charge in [-0.05, 0) is 42.2 Å². The second-order valence-electron chi connectivity index (χ2n) is 5.10. The van der Waals surface area contributed by atoms with Gasteiger partial charge in [-0.2, -0.15) is 0 Å². The highest BCUT2D eigenvalue weighted by Gasteiger charge is 2.31. The van der Waals surface area contributed by atoms with Crippen molar-refractivity contribution in [2.45, 2.75) is 25.2 Å². The molecule has 21 heavy (non-hydrogen) atoms. The van der Waals surface area contributed by atoms with Gasteiger partial charge in [-0.3, -0.25) is 0 Å². The van der Waals surface area contributed by atoms with E-state index in [9.17, 15) is 13.2 Å². The lowest BCUT2D eigenvalue weighted by atomic mass is 10.0. The fourth-order valence-corrected chi connectivity index (χ4v) is 2.61. The highest BCUT2D eigenvalue weighted by Crippen LogP contribution is 2.28. The normalized spacial score (nSPS) is 17.2. The summed E-state index contributed by atoms with van der Waals surface area (Å²) in [7, 11) is 0. The average Bonchev–Trinajstić information content (AvgIpc) is 2.81. The van der Waals surface area contributed by atoms with Crippen molar-refractivity contribution in [3.8, 4) is 5.75 Å². The summed E-state index contributed by atoms with van der Waals surface area (Å²) in [4.78, 5) is 0. The molecule has 2 nitrogen and oxygen atoms in total. The van der Waals surface area contributed by atoms with E-state index in [0.29, 0.717) is 0 Å². The maximum Gasteiger partial charge on any atom is 0.573 e. The summed E-state index contributed by atoms with van der Waals surface area (Å²) in [5.74, 6) is -0.186. The van der Waals surface area contributed by atoms with Crippen LogP contribution >= 0.6 is 0 Å². The Labute approximate surface area is 120 Å². The van der Waals surface area contributed by atoms with Crippen LogP contribution in [0.1, 0.15) is 11.1 Å². The van der Waals surface area contributed by atoms with Gasteiger partial charge in [0.15, 0.2) is 0 Å². The van der Waals surface area contributed by atoms with Crippen molar-refractivity contribution >= 4 is 5.69 Å². The van der Waals surface area contributed by atoms with Gasteiger partial charge in [0, 0.05) is 11.7 Å². The van der Waals surface area contributed by atoms with Gasteiger partial charge in [0.2, 0.25) is 0 Å². The Morgan fingerprint density at radius 3 is 2.43 bits per heavy atom. The van der Waals surface area contributed by atoms with Crippen LogP contribution in [0, 0.1) is 0 Å². The largest absolute Gasteiger partial charge is 0.573 e. The quantitative estimate of drug-likeness (QED) is 0.917. The molecule has 1 atom stereocenters. The van der Waals surface area contributed by atoms with Gasteiger partial charge < -0.3 is 10.1 Å². The van der Waals surface area contributed by atoms with Crippen LogP contribution in [0.15, 0.2) is 48.5 Å². The maximum absolute atomic E-state index is 12.1. The van der Waals surface area contributed by atoms with Crippen LogP contribution in [0.2, 0.25) is 0 Å². The highest BCUT2D eigenvalue weighted by molar-refractivity contribution is 5.56. The number of alkyl halides is 3. The minimum Gasteiger partial charge on any atom is -0.406 e. The summed E-state index contributed by atoms with van der Waals surface area (Å²) < 4.78 is 40.1. The zero-order chi connectivity index (χ0) is 14.9. The van der Waals surface area contributed by atoms with E-state index in [1.165, 1.54) is 17.7 Å². The van der Waals surface area contributed by atoms with Crippen molar-refractivity contribution in [2.24, 2.45) is 0 Å². The molecule has 1 N–H and O–H groups in total. The molecule has 0 spiro atoms. The predicted octanol–water partition coefficient (Wildman–Crippen LogP) is 4.16. The zero-order valence-corrected chi connectivity index (χ0v) is 11.2. The molecule has 1 aliphatic rings. The molecular weight excluding hydrogens is 279 g/mol. The molecule has 0 saturated carbocycles. The van der Waals surface area contributed by atoms with E-state index in [1.54, 1.807) is 12.1 Å². The molecule has 0 radical (unpaired) electrons. The maximum atomic E-state index is 12.1. The predicted molar refractivity (Wildman–Crippen MR) is 74.4 cm³/mol. The Morgan fingerprint density at radius 2 is 1.76 bits per heavy atom. The van der Waals surface area contributed by atoms with E-state index in [4.69, 9.17) is 0 Å². The SMILES string of the molecule is FC(F)(F)Oc1ccc(CC2Cc3ccccc3N2)cc1. The molecule has 0 amide bonds. The second-order valence-corrected chi connectivity index (χ2v) is 5.10. The van der Waals surface area contributed by atoms with E-state index in [0.717, 1.165) is 24.1 Å². The first kappa shape index (κ1) is 13.8. The molecule has 110 valence electrons. The molecule has 0 aliphatic carbocycles. The van der Waals surface area contributed by atoms with E-state index >= 15 is 0 Å². The van der Waals surface area contributed by atoms with Gasteiger partial charge in [-0.1, -0.05) is 30.3 Å². The third kappa shape index (κ3) is 3.48. The number of halogens is 3. The molecule has 3 rings (SSSR count). The summed E-state index contributed by atoms with van der Waals surface area (Å²) in [6, 6.07) is 14.4. The first-order valence-corrected chi connectivity index (χ1v) is 6.69. The molecule has 5 heteroatoms. The van der Waals surface area contributed by atoms with Gasteiger partial charge >= 0.3 is 6.36 Å². The van der Waals surface area contributed by atoms with E-state index in [2.05, 4.69) is 16.1 Å². The molecule has 0 bridgehead atoms. The van der Waals surface area contributed by atoms with E-state index in [-0.39, 0.29) is 11.8 Å². The van der Waals surface area contributed by atoms with E-state index in [1.807, 2.05) is 18.2 Å². The number of benzene rings is 2. The van der Waals surface area contributed by atoms with E-state index < -0.39 is 6.36 Å². The standard InChI is InChI=1S/C16H14F3NO/c17-16(18,19)21-14-7-5-11(6-8-14)9-13-10-12-3-1-2-4-15(12)20-13/h1-8,13,20H,9-10H2. The van der Waals surface area contributed by atoms with Crippen molar-refractivity contribution in [1.29, 1.82) is 0 Å². The van der Waals surface area contributed by atoms with Crippen molar-refractivity contribution in [1.82, 2.24) is 0 Å². The van der Waals surface area contributed by atoms with Crippen LogP contribution < -0.4 is 10.1 Å². The fraction of sp³-hybridized carbons (Fsp3) is 0.250. The Balaban J connectivity index is 1.62. The summed E-state index contributed by atoms with van der Waals surface area (Å²) in [6.45, 7) is 0. The molecule has 2 aromatic carbocycles. The fourth-order valence-electron chi connectivity index (χ4n) is 2.61. The van der Waals surface area contributed by atoms with Gasteiger partial charge in [0.25, 0.3) is 0 Å². The minimum atomic E-state index is -4.64. The molecule has 1 heterocycles. The van der Waals surface area contributed by atoms with Crippen LogP contribution in [-0.2, 0) is 12.8 Å². The van der Waals surface area contributed by atoms with Crippen molar-refractivity contribution in [2.75, 3.05) is 5.32 Å². The van der Waals surface area contributed by atoms with Crippen molar-refractivity contribution < 1.29 is 17.9 Å². The Kier molecular flexibility index (Phi) is 3.49. The Hall–Kier alpha value is -2.17. The molecular formula is C16H14F3NO. The summed E-state index contributed by atoms with van der Waals surface area (Å²) in [6.07, 6.45) is -2.95. The van der Waals surface area contributed by atoms with Gasteiger partial charge in [0.1, 0.15) is 5.75 Å². The number of hydrogen-bond donors (Lipinski definition) is 1. The lowest BCUT2D eigenvalue weighted by molar-refractivity contribution is -0.274. The van der Waals surface area contributed by atoms with Gasteiger partial charge in [0.05, 0.1) is 0 Å². The second kappa shape index (κ2) is 5.31. The monoisotopic (exact) mass is 293 g/mol. The highest BCUT2D eigenvalue weighted by atomic mass is 19.4. The molecule has 2 aromatic rings. The zero-order valence-electron chi connectivity index (χ0n) is 11.2.